The van der Waals surface area contributed by atoms with Gasteiger partial charge in [0.1, 0.15) is 17.6 Å². The van der Waals surface area contributed by atoms with Crippen molar-refractivity contribution in [3.63, 3.8) is 0 Å². The largest absolute Gasteiger partial charge is 0.494 e. The number of nitrogens with zero attached hydrogens (tertiary/aromatic N) is 2. The van der Waals surface area contributed by atoms with Gasteiger partial charge in [0.2, 0.25) is 0 Å². The van der Waals surface area contributed by atoms with Crippen molar-refractivity contribution < 1.29 is 14.2 Å². The number of halogens is 1. The highest BCUT2D eigenvalue weighted by atomic mass is 127. The van der Waals surface area contributed by atoms with Crippen molar-refractivity contribution in [1.82, 2.24) is 15.5 Å². The van der Waals surface area contributed by atoms with Gasteiger partial charge in [-0.05, 0) is 38.2 Å². The molecule has 4 rings (SSSR count). The smallest absolute Gasteiger partial charge is 0.191 e. The second-order valence-corrected chi connectivity index (χ2v) is 9.64. The number of thioether (sulfide) groups is 1. The summed E-state index contributed by atoms with van der Waals surface area (Å²) >= 11 is 2.05. The SMILES string of the molecule is CCOc1cc2c(cc1CNC(=NC)NCC1(N3CCOCC3)CCSC1)OC(C)C2.I. The minimum absolute atomic E-state index is 0. The van der Waals surface area contributed by atoms with Gasteiger partial charge in [0.05, 0.1) is 19.8 Å². The van der Waals surface area contributed by atoms with Crippen LogP contribution in [0.4, 0.5) is 0 Å². The maximum Gasteiger partial charge on any atom is 0.191 e. The van der Waals surface area contributed by atoms with E-state index in [2.05, 4.69) is 39.6 Å². The predicted molar refractivity (Wildman–Crippen MR) is 142 cm³/mol. The summed E-state index contributed by atoms with van der Waals surface area (Å²) in [4.78, 5) is 7.09. The average Bonchev–Trinajstić information content (AvgIpc) is 3.41. The second-order valence-electron chi connectivity index (χ2n) is 8.54. The number of morpholine rings is 1. The maximum atomic E-state index is 5.96. The van der Waals surface area contributed by atoms with Gasteiger partial charge < -0.3 is 24.8 Å². The number of aliphatic imine (C=N–C) groups is 1. The summed E-state index contributed by atoms with van der Waals surface area (Å²) in [5.41, 5.74) is 2.51. The van der Waals surface area contributed by atoms with Crippen LogP contribution in [0.15, 0.2) is 17.1 Å². The third-order valence-corrected chi connectivity index (χ3v) is 7.63. The van der Waals surface area contributed by atoms with Crippen molar-refractivity contribution in [2.75, 3.05) is 58.0 Å². The second kappa shape index (κ2) is 12.0. The average molecular weight is 577 g/mol. The lowest BCUT2D eigenvalue weighted by atomic mass is 9.95. The molecule has 1 aromatic carbocycles. The Hall–Kier alpha value is -0.910. The number of hydrogen-bond acceptors (Lipinski definition) is 6. The number of benzene rings is 1. The van der Waals surface area contributed by atoms with Gasteiger partial charge >= 0.3 is 0 Å². The fourth-order valence-electron chi connectivity index (χ4n) is 4.69. The van der Waals surface area contributed by atoms with E-state index in [1.54, 1.807) is 0 Å². The van der Waals surface area contributed by atoms with E-state index in [4.69, 9.17) is 14.2 Å². The van der Waals surface area contributed by atoms with Crippen LogP contribution in [0, 0.1) is 0 Å². The molecule has 180 valence electrons. The Bertz CT molecular complexity index is 783. The Morgan fingerprint density at radius 3 is 2.81 bits per heavy atom. The summed E-state index contributed by atoms with van der Waals surface area (Å²) < 4.78 is 17.5. The van der Waals surface area contributed by atoms with Crippen LogP contribution >= 0.6 is 35.7 Å². The Morgan fingerprint density at radius 1 is 1.31 bits per heavy atom. The van der Waals surface area contributed by atoms with Crippen LogP contribution in [0.5, 0.6) is 11.5 Å². The van der Waals surface area contributed by atoms with Crippen LogP contribution in [0.25, 0.3) is 0 Å². The molecule has 0 radical (unpaired) electrons. The molecule has 0 bridgehead atoms. The lowest BCUT2D eigenvalue weighted by Gasteiger charge is -2.43. The number of nitrogens with one attached hydrogen (secondary N) is 2. The number of hydrogen-bond donors (Lipinski definition) is 2. The molecule has 0 aliphatic carbocycles. The quantitative estimate of drug-likeness (QED) is 0.294. The van der Waals surface area contributed by atoms with Gasteiger partial charge in [-0.3, -0.25) is 9.89 Å². The Labute approximate surface area is 213 Å². The van der Waals surface area contributed by atoms with Crippen molar-refractivity contribution in [2.24, 2.45) is 4.99 Å². The third kappa shape index (κ3) is 5.95. The predicted octanol–water partition coefficient (Wildman–Crippen LogP) is 2.90. The third-order valence-electron chi connectivity index (χ3n) is 6.40. The summed E-state index contributed by atoms with van der Waals surface area (Å²) in [7, 11) is 1.83. The number of fused-ring (bicyclic) bond motifs is 1. The van der Waals surface area contributed by atoms with E-state index in [-0.39, 0.29) is 35.6 Å². The molecule has 3 aliphatic rings. The van der Waals surface area contributed by atoms with Crippen molar-refractivity contribution in [3.05, 3.63) is 23.3 Å². The van der Waals surface area contributed by atoms with Crippen LogP contribution in [-0.4, -0.2) is 80.5 Å². The van der Waals surface area contributed by atoms with Crippen molar-refractivity contribution in [3.8, 4) is 11.5 Å². The van der Waals surface area contributed by atoms with Crippen molar-refractivity contribution in [1.29, 1.82) is 0 Å². The molecule has 0 aromatic heterocycles. The molecule has 3 heterocycles. The van der Waals surface area contributed by atoms with Crippen molar-refractivity contribution in [2.45, 2.75) is 44.9 Å². The zero-order chi connectivity index (χ0) is 21.7. The van der Waals surface area contributed by atoms with E-state index < -0.39 is 0 Å². The van der Waals surface area contributed by atoms with E-state index in [9.17, 15) is 0 Å². The lowest BCUT2D eigenvalue weighted by Crippen LogP contribution is -2.60. The van der Waals surface area contributed by atoms with Crippen LogP contribution in [0.1, 0.15) is 31.4 Å². The lowest BCUT2D eigenvalue weighted by molar-refractivity contribution is -0.0120. The Kier molecular flexibility index (Phi) is 9.63. The van der Waals surface area contributed by atoms with E-state index in [1.807, 2.05) is 25.7 Å². The molecule has 2 fully saturated rings. The molecule has 3 aliphatic heterocycles. The van der Waals surface area contributed by atoms with Crippen LogP contribution in [-0.2, 0) is 17.7 Å². The number of rotatable bonds is 7. The molecular formula is C23H37IN4O3S. The summed E-state index contributed by atoms with van der Waals surface area (Å²) in [6.07, 6.45) is 2.37. The first kappa shape index (κ1) is 25.7. The first-order valence-corrected chi connectivity index (χ1v) is 12.6. The molecule has 0 spiro atoms. The van der Waals surface area contributed by atoms with Gasteiger partial charge in [0.15, 0.2) is 5.96 Å². The van der Waals surface area contributed by atoms with Gasteiger partial charge in [-0.2, -0.15) is 11.8 Å². The highest BCUT2D eigenvalue weighted by Crippen LogP contribution is 2.35. The minimum atomic E-state index is 0. The summed E-state index contributed by atoms with van der Waals surface area (Å²) in [6.45, 7) is 10.00. The first-order valence-electron chi connectivity index (χ1n) is 11.4. The maximum absolute atomic E-state index is 5.96. The molecule has 2 saturated heterocycles. The van der Waals surface area contributed by atoms with Gasteiger partial charge in [-0.1, -0.05) is 0 Å². The van der Waals surface area contributed by atoms with Crippen LogP contribution in [0.2, 0.25) is 0 Å². The molecule has 2 N–H and O–H groups in total. The molecular weight excluding hydrogens is 539 g/mol. The van der Waals surface area contributed by atoms with E-state index in [0.29, 0.717) is 13.2 Å². The van der Waals surface area contributed by atoms with Crippen molar-refractivity contribution >= 4 is 41.7 Å². The molecule has 2 unspecified atom stereocenters. The highest BCUT2D eigenvalue weighted by Gasteiger charge is 2.40. The van der Waals surface area contributed by atoms with Gasteiger partial charge in [0.25, 0.3) is 0 Å². The number of ether oxygens (including phenoxy) is 3. The van der Waals surface area contributed by atoms with Crippen LogP contribution in [0.3, 0.4) is 0 Å². The van der Waals surface area contributed by atoms with Gasteiger partial charge in [-0.15, -0.1) is 24.0 Å². The molecule has 2 atom stereocenters. The minimum Gasteiger partial charge on any atom is -0.494 e. The molecule has 9 heteroatoms. The molecule has 0 amide bonds. The molecule has 0 saturated carbocycles. The highest BCUT2D eigenvalue weighted by molar-refractivity contribution is 14.0. The van der Waals surface area contributed by atoms with Gasteiger partial charge in [0, 0.05) is 62.1 Å². The Morgan fingerprint density at radius 2 is 2.12 bits per heavy atom. The normalized spacial score (nSPS) is 25.6. The van der Waals surface area contributed by atoms with E-state index >= 15 is 0 Å². The van der Waals surface area contributed by atoms with Crippen LogP contribution < -0.4 is 20.1 Å². The summed E-state index contributed by atoms with van der Waals surface area (Å²) in [5, 5.41) is 7.09. The topological polar surface area (TPSA) is 67.4 Å². The Balaban J connectivity index is 0.00000289. The standard InChI is InChI=1S/C23H36N4O3S.HI/c1-4-29-20-12-18-11-17(2)30-21(18)13-19(20)14-25-22(24-3)26-15-23(5-10-31-16-23)27-6-8-28-9-7-27;/h12-13,17H,4-11,14-16H2,1-3H3,(H2,24,25,26);1H. The summed E-state index contributed by atoms with van der Waals surface area (Å²) in [5.74, 6) is 5.10. The molecule has 32 heavy (non-hydrogen) atoms. The fraction of sp³-hybridized carbons (Fsp3) is 0.696. The van der Waals surface area contributed by atoms with E-state index in [0.717, 1.165) is 68.0 Å². The molecule has 7 nitrogen and oxygen atoms in total. The van der Waals surface area contributed by atoms with E-state index in [1.165, 1.54) is 17.7 Å². The summed E-state index contributed by atoms with van der Waals surface area (Å²) in [6, 6.07) is 4.26. The fourth-order valence-corrected chi connectivity index (χ4v) is 6.17. The zero-order valence-corrected chi connectivity index (χ0v) is 22.6. The van der Waals surface area contributed by atoms with Gasteiger partial charge in [-0.25, -0.2) is 0 Å². The zero-order valence-electron chi connectivity index (χ0n) is 19.4. The number of guanidine groups is 1. The monoisotopic (exact) mass is 576 g/mol. The first-order chi connectivity index (χ1) is 15.1. The molecule has 1 aromatic rings.